The molecule has 3 heteroatoms. The summed E-state index contributed by atoms with van der Waals surface area (Å²) in [5, 5.41) is 6.05. The highest BCUT2D eigenvalue weighted by Gasteiger charge is 2.20. The molecule has 1 aromatic heterocycles. The van der Waals surface area contributed by atoms with E-state index in [2.05, 4.69) is 60.8 Å². The maximum absolute atomic E-state index is 4.61. The first-order valence-corrected chi connectivity index (χ1v) is 9.87. The van der Waals surface area contributed by atoms with E-state index in [1.54, 1.807) is 0 Å². The van der Waals surface area contributed by atoms with Gasteiger partial charge in [0.15, 0.2) is 0 Å². The molecular formula is C22H33N3. The predicted octanol–water partition coefficient (Wildman–Crippen LogP) is 3.37. The van der Waals surface area contributed by atoms with E-state index in [4.69, 9.17) is 0 Å². The van der Waals surface area contributed by atoms with Crippen molar-refractivity contribution < 1.29 is 0 Å². The van der Waals surface area contributed by atoms with Crippen molar-refractivity contribution in [3.63, 3.8) is 0 Å². The van der Waals surface area contributed by atoms with Crippen molar-refractivity contribution in [2.45, 2.75) is 46.5 Å². The molecule has 2 unspecified atom stereocenters. The zero-order valence-electron chi connectivity index (χ0n) is 16.1. The van der Waals surface area contributed by atoms with Gasteiger partial charge in [-0.3, -0.25) is 0 Å². The lowest BCUT2D eigenvalue weighted by Crippen LogP contribution is -2.30. The first kappa shape index (κ1) is 18.2. The van der Waals surface area contributed by atoms with Crippen molar-refractivity contribution in [3.8, 4) is 0 Å². The molecule has 1 N–H and O–H groups in total. The first-order valence-electron chi connectivity index (χ1n) is 9.87. The molecule has 2 aliphatic rings. The summed E-state index contributed by atoms with van der Waals surface area (Å²) >= 11 is 0. The Morgan fingerprint density at radius 2 is 2.16 bits per heavy atom. The van der Waals surface area contributed by atoms with Gasteiger partial charge in [-0.15, -0.1) is 0 Å². The molecule has 1 fully saturated rings. The topological polar surface area (TPSA) is 28.2 Å². The molecule has 1 aromatic rings. The highest BCUT2D eigenvalue weighted by molar-refractivity contribution is 5.47. The third-order valence-corrected chi connectivity index (χ3v) is 5.37. The Morgan fingerprint density at radius 3 is 2.96 bits per heavy atom. The van der Waals surface area contributed by atoms with Crippen LogP contribution < -0.4 is 15.8 Å². The Kier molecular flexibility index (Phi) is 5.95. The fourth-order valence-corrected chi connectivity index (χ4v) is 4.02. The van der Waals surface area contributed by atoms with Gasteiger partial charge >= 0.3 is 0 Å². The Bertz CT molecular complexity index is 719. The number of aromatic nitrogens is 1. The van der Waals surface area contributed by atoms with E-state index in [9.17, 15) is 0 Å². The van der Waals surface area contributed by atoms with Crippen molar-refractivity contribution in [2.75, 3.05) is 25.0 Å². The summed E-state index contributed by atoms with van der Waals surface area (Å²) in [6, 6.07) is 2.17. The molecule has 0 amide bonds. The lowest BCUT2D eigenvalue weighted by molar-refractivity contribution is 0.252. The fourth-order valence-electron chi connectivity index (χ4n) is 4.02. The summed E-state index contributed by atoms with van der Waals surface area (Å²) in [4.78, 5) is 7.22. The Balaban J connectivity index is 1.62. The number of allylic oxidation sites excluding steroid dienone is 1. The van der Waals surface area contributed by atoms with Crippen molar-refractivity contribution in [2.24, 2.45) is 17.8 Å². The van der Waals surface area contributed by atoms with Crippen LogP contribution in [0, 0.1) is 17.8 Å². The van der Waals surface area contributed by atoms with Crippen LogP contribution in [0.4, 0.5) is 5.82 Å². The van der Waals surface area contributed by atoms with Crippen LogP contribution in [0.25, 0.3) is 12.2 Å². The summed E-state index contributed by atoms with van der Waals surface area (Å²) in [7, 11) is 0. The van der Waals surface area contributed by atoms with Crippen LogP contribution in [0.1, 0.15) is 46.5 Å². The second kappa shape index (κ2) is 8.18. The van der Waals surface area contributed by atoms with Gasteiger partial charge in [0, 0.05) is 18.4 Å². The van der Waals surface area contributed by atoms with E-state index in [1.165, 1.54) is 49.3 Å². The molecule has 0 bridgehead atoms. The summed E-state index contributed by atoms with van der Waals surface area (Å²) < 4.78 is 0. The van der Waals surface area contributed by atoms with Crippen LogP contribution in [0.2, 0.25) is 0 Å². The smallest absolute Gasteiger partial charge is 0.130 e. The Hall–Kier alpha value is -1.61. The second-order valence-electron chi connectivity index (χ2n) is 8.25. The molecule has 2 atom stereocenters. The number of pyridine rings is 1. The molecule has 1 saturated heterocycles. The molecule has 1 aliphatic heterocycles. The number of hydrogen-bond acceptors (Lipinski definition) is 3. The molecule has 2 heterocycles. The molecule has 25 heavy (non-hydrogen) atoms. The van der Waals surface area contributed by atoms with Crippen molar-refractivity contribution in [1.82, 2.24) is 9.88 Å². The molecule has 0 saturated carbocycles. The Morgan fingerprint density at radius 1 is 1.32 bits per heavy atom. The minimum atomic E-state index is 0.547. The maximum atomic E-state index is 4.61. The zero-order chi connectivity index (χ0) is 17.8. The average Bonchev–Trinajstić information content (AvgIpc) is 2.80. The normalized spacial score (nSPS) is 24.0. The summed E-state index contributed by atoms with van der Waals surface area (Å²) in [5.74, 6) is 2.84. The summed E-state index contributed by atoms with van der Waals surface area (Å²) in [5.41, 5.74) is 1.13. The summed E-state index contributed by atoms with van der Waals surface area (Å²) in [6.45, 7) is 14.8. The summed E-state index contributed by atoms with van der Waals surface area (Å²) in [6.07, 6.45) is 11.4. The second-order valence-corrected chi connectivity index (χ2v) is 8.25. The van der Waals surface area contributed by atoms with Crippen LogP contribution in [-0.2, 0) is 0 Å². The molecule has 0 radical (unpaired) electrons. The Labute approximate surface area is 152 Å². The molecule has 0 spiro atoms. The molecular weight excluding hydrogens is 306 g/mol. The number of rotatable bonds is 5. The van der Waals surface area contributed by atoms with Crippen LogP contribution in [0.15, 0.2) is 24.5 Å². The third kappa shape index (κ3) is 4.94. The number of fused-ring (bicyclic) bond motifs is 1. The van der Waals surface area contributed by atoms with E-state index in [1.807, 2.05) is 6.20 Å². The van der Waals surface area contributed by atoms with E-state index >= 15 is 0 Å². The van der Waals surface area contributed by atoms with Crippen LogP contribution in [-0.4, -0.2) is 29.5 Å². The van der Waals surface area contributed by atoms with Gasteiger partial charge in [0.25, 0.3) is 0 Å². The van der Waals surface area contributed by atoms with Gasteiger partial charge in [-0.25, -0.2) is 4.98 Å². The highest BCUT2D eigenvalue weighted by Crippen LogP contribution is 2.24. The van der Waals surface area contributed by atoms with Crippen molar-refractivity contribution in [3.05, 3.63) is 35.0 Å². The lowest BCUT2D eigenvalue weighted by Gasteiger charge is -2.22. The standard InChI is InChI=1S/C22H33N3/c1-16(2)15-25-10-5-6-19(9-11-25)18(4)24-22-13-20-8-7-17(3)12-21(20)14-23-22/h8,12-14,16-17,19,24H,4-7,9-11,15H2,1-3H3. The monoisotopic (exact) mass is 339 g/mol. The largest absolute Gasteiger partial charge is 0.344 e. The molecule has 0 aromatic carbocycles. The molecule has 136 valence electrons. The minimum absolute atomic E-state index is 0.547. The average molecular weight is 340 g/mol. The SMILES string of the molecule is C=C(Nc1cc2c(cn1)=CC(C)CC=2)C1CCCN(CC(C)C)CC1. The number of hydrogen-bond donors (Lipinski definition) is 1. The predicted molar refractivity (Wildman–Crippen MR) is 108 cm³/mol. The van der Waals surface area contributed by atoms with Gasteiger partial charge in [-0.1, -0.05) is 39.5 Å². The molecule has 1 aliphatic carbocycles. The van der Waals surface area contributed by atoms with Gasteiger partial charge < -0.3 is 10.2 Å². The van der Waals surface area contributed by atoms with Crippen LogP contribution in [0.5, 0.6) is 0 Å². The zero-order valence-corrected chi connectivity index (χ0v) is 16.1. The van der Waals surface area contributed by atoms with Gasteiger partial charge in [0.1, 0.15) is 5.82 Å². The van der Waals surface area contributed by atoms with Crippen molar-refractivity contribution >= 4 is 18.0 Å². The van der Waals surface area contributed by atoms with E-state index < -0.39 is 0 Å². The van der Waals surface area contributed by atoms with Gasteiger partial charge in [-0.05, 0) is 73.0 Å². The lowest BCUT2D eigenvalue weighted by atomic mass is 9.97. The number of anilines is 1. The number of nitrogens with zero attached hydrogens (tertiary/aromatic N) is 2. The van der Waals surface area contributed by atoms with Crippen LogP contribution >= 0.6 is 0 Å². The van der Waals surface area contributed by atoms with Gasteiger partial charge in [0.2, 0.25) is 0 Å². The van der Waals surface area contributed by atoms with Gasteiger partial charge in [-0.2, -0.15) is 0 Å². The number of nitrogens with one attached hydrogen (secondary N) is 1. The van der Waals surface area contributed by atoms with E-state index in [0.717, 1.165) is 23.9 Å². The first-order chi connectivity index (χ1) is 12.0. The van der Waals surface area contributed by atoms with E-state index in [-0.39, 0.29) is 0 Å². The number of likely N-dealkylation sites (tertiary alicyclic amines) is 1. The quantitative estimate of drug-likeness (QED) is 0.891. The highest BCUT2D eigenvalue weighted by atomic mass is 15.1. The third-order valence-electron chi connectivity index (χ3n) is 5.37. The minimum Gasteiger partial charge on any atom is -0.344 e. The fraction of sp³-hybridized carbons (Fsp3) is 0.591. The molecule has 3 rings (SSSR count). The molecule has 3 nitrogen and oxygen atoms in total. The van der Waals surface area contributed by atoms with Gasteiger partial charge in [0.05, 0.1) is 0 Å². The van der Waals surface area contributed by atoms with Crippen molar-refractivity contribution in [1.29, 1.82) is 0 Å². The van der Waals surface area contributed by atoms with E-state index in [0.29, 0.717) is 11.8 Å². The maximum Gasteiger partial charge on any atom is 0.130 e. The van der Waals surface area contributed by atoms with Crippen LogP contribution in [0.3, 0.4) is 0 Å².